The third-order valence-corrected chi connectivity index (χ3v) is 4.60. The monoisotopic (exact) mass is 336 g/mol. The van der Waals surface area contributed by atoms with Gasteiger partial charge in [0.2, 0.25) is 0 Å². The number of hydrogen-bond acceptors (Lipinski definition) is 4. The van der Waals surface area contributed by atoms with Gasteiger partial charge < -0.3 is 9.32 Å². The molecule has 1 amide bonds. The maximum atomic E-state index is 12.6. The van der Waals surface area contributed by atoms with Crippen LogP contribution in [0, 0.1) is 5.92 Å². The topological polar surface area (TPSA) is 64.2 Å². The first-order valence-corrected chi connectivity index (χ1v) is 8.43. The van der Waals surface area contributed by atoms with E-state index in [0.29, 0.717) is 24.1 Å². The standard InChI is InChI=1S/C19H20N4O2/c1-13-10-16(13)18-9-8-15(25-18)12-22(2)19(24)17-11-20-23(21-17)14-6-4-3-5-7-14/h3-9,11,13,16H,10,12H2,1-2H3/t13-,16+/m1/s1. The Balaban J connectivity index is 1.43. The number of furan rings is 1. The van der Waals surface area contributed by atoms with Gasteiger partial charge in [0.05, 0.1) is 18.4 Å². The zero-order chi connectivity index (χ0) is 17.4. The summed E-state index contributed by atoms with van der Waals surface area (Å²) < 4.78 is 5.87. The number of benzene rings is 1. The summed E-state index contributed by atoms with van der Waals surface area (Å²) in [5.41, 5.74) is 1.13. The number of aromatic nitrogens is 3. The fourth-order valence-corrected chi connectivity index (χ4v) is 2.95. The Labute approximate surface area is 146 Å². The molecule has 0 radical (unpaired) electrons. The van der Waals surface area contributed by atoms with E-state index in [2.05, 4.69) is 17.1 Å². The van der Waals surface area contributed by atoms with Crippen molar-refractivity contribution >= 4 is 5.91 Å². The zero-order valence-electron chi connectivity index (χ0n) is 14.3. The third kappa shape index (κ3) is 3.20. The van der Waals surface area contributed by atoms with Crippen LogP contribution in [0.5, 0.6) is 0 Å². The largest absolute Gasteiger partial charge is 0.464 e. The van der Waals surface area contributed by atoms with Crippen LogP contribution >= 0.6 is 0 Å². The van der Waals surface area contributed by atoms with Gasteiger partial charge in [0.25, 0.3) is 5.91 Å². The molecule has 3 aromatic rings. The van der Waals surface area contributed by atoms with E-state index in [4.69, 9.17) is 4.42 Å². The van der Waals surface area contributed by atoms with Crippen LogP contribution in [0.3, 0.4) is 0 Å². The van der Waals surface area contributed by atoms with Gasteiger partial charge in [-0.2, -0.15) is 9.90 Å². The van der Waals surface area contributed by atoms with Gasteiger partial charge >= 0.3 is 0 Å². The average molecular weight is 336 g/mol. The molecular weight excluding hydrogens is 316 g/mol. The van der Waals surface area contributed by atoms with Crippen LogP contribution < -0.4 is 0 Å². The van der Waals surface area contributed by atoms with Gasteiger partial charge in [-0.1, -0.05) is 25.1 Å². The Morgan fingerprint density at radius 2 is 2.04 bits per heavy atom. The van der Waals surface area contributed by atoms with Crippen LogP contribution in [0.15, 0.2) is 53.1 Å². The van der Waals surface area contributed by atoms with Gasteiger partial charge in [0, 0.05) is 13.0 Å². The van der Waals surface area contributed by atoms with E-state index >= 15 is 0 Å². The first kappa shape index (κ1) is 15.6. The van der Waals surface area contributed by atoms with E-state index in [1.165, 1.54) is 17.4 Å². The molecule has 6 heteroatoms. The minimum Gasteiger partial charge on any atom is -0.464 e. The lowest BCUT2D eigenvalue weighted by molar-refractivity contribution is 0.0768. The molecule has 0 unspecified atom stereocenters. The van der Waals surface area contributed by atoms with E-state index in [-0.39, 0.29) is 5.91 Å². The molecule has 1 aromatic carbocycles. The Morgan fingerprint density at radius 3 is 2.76 bits per heavy atom. The van der Waals surface area contributed by atoms with Crippen molar-refractivity contribution in [1.29, 1.82) is 0 Å². The number of para-hydroxylation sites is 1. The highest BCUT2D eigenvalue weighted by Gasteiger charge is 2.36. The Hall–Kier alpha value is -2.89. The van der Waals surface area contributed by atoms with Crippen LogP contribution in [0.1, 0.15) is 41.3 Å². The molecule has 0 N–H and O–H groups in total. The fourth-order valence-electron chi connectivity index (χ4n) is 2.95. The quantitative estimate of drug-likeness (QED) is 0.717. The minimum absolute atomic E-state index is 0.181. The van der Waals surface area contributed by atoms with Gasteiger partial charge in [-0.3, -0.25) is 4.79 Å². The Kier molecular flexibility index (Phi) is 3.87. The number of carbonyl (C=O) groups is 1. The second-order valence-electron chi connectivity index (χ2n) is 6.64. The van der Waals surface area contributed by atoms with Crippen molar-refractivity contribution in [2.24, 2.45) is 5.92 Å². The first-order chi connectivity index (χ1) is 12.1. The second-order valence-corrected chi connectivity index (χ2v) is 6.64. The molecule has 1 aliphatic carbocycles. The summed E-state index contributed by atoms with van der Waals surface area (Å²) in [6, 6.07) is 13.5. The molecule has 2 aromatic heterocycles. The molecule has 0 aliphatic heterocycles. The van der Waals surface area contributed by atoms with E-state index < -0.39 is 0 Å². The molecule has 0 bridgehead atoms. The molecule has 6 nitrogen and oxygen atoms in total. The molecule has 4 rings (SSSR count). The Bertz CT molecular complexity index is 884. The first-order valence-electron chi connectivity index (χ1n) is 8.43. The summed E-state index contributed by atoms with van der Waals surface area (Å²) in [4.78, 5) is 15.6. The number of nitrogens with zero attached hydrogens (tertiary/aromatic N) is 4. The average Bonchev–Trinajstić information content (AvgIpc) is 3.05. The molecule has 1 saturated carbocycles. The summed E-state index contributed by atoms with van der Waals surface area (Å²) >= 11 is 0. The van der Waals surface area contributed by atoms with Crippen molar-refractivity contribution in [3.05, 3.63) is 65.9 Å². The third-order valence-electron chi connectivity index (χ3n) is 4.60. The maximum absolute atomic E-state index is 12.6. The van der Waals surface area contributed by atoms with Crippen LogP contribution in [-0.4, -0.2) is 32.8 Å². The van der Waals surface area contributed by atoms with Crippen molar-refractivity contribution in [2.75, 3.05) is 7.05 Å². The van der Waals surface area contributed by atoms with Gasteiger partial charge in [0.1, 0.15) is 11.5 Å². The Morgan fingerprint density at radius 1 is 1.28 bits per heavy atom. The SMILES string of the molecule is C[C@@H]1C[C@@H]1c1ccc(CN(C)C(=O)c2cnn(-c3ccccc3)n2)o1. The predicted molar refractivity (Wildman–Crippen MR) is 92.4 cm³/mol. The smallest absolute Gasteiger partial charge is 0.276 e. The fraction of sp³-hybridized carbons (Fsp3) is 0.316. The van der Waals surface area contributed by atoms with E-state index in [1.807, 2.05) is 42.5 Å². The van der Waals surface area contributed by atoms with Crippen molar-refractivity contribution in [1.82, 2.24) is 19.9 Å². The summed E-state index contributed by atoms with van der Waals surface area (Å²) in [6.45, 7) is 2.64. The van der Waals surface area contributed by atoms with Gasteiger partial charge in [0.15, 0.2) is 5.69 Å². The molecule has 0 saturated heterocycles. The molecule has 0 spiro atoms. The number of amides is 1. The number of hydrogen-bond donors (Lipinski definition) is 0. The maximum Gasteiger partial charge on any atom is 0.276 e. The van der Waals surface area contributed by atoms with Crippen molar-refractivity contribution in [3.8, 4) is 5.69 Å². The summed E-state index contributed by atoms with van der Waals surface area (Å²) in [5.74, 6) is 2.88. The molecule has 25 heavy (non-hydrogen) atoms. The highest BCUT2D eigenvalue weighted by molar-refractivity contribution is 5.91. The zero-order valence-corrected chi connectivity index (χ0v) is 14.3. The molecule has 128 valence electrons. The van der Waals surface area contributed by atoms with E-state index in [1.54, 1.807) is 11.9 Å². The molecule has 2 heterocycles. The lowest BCUT2D eigenvalue weighted by Gasteiger charge is -2.13. The van der Waals surface area contributed by atoms with Gasteiger partial charge in [-0.05, 0) is 36.6 Å². The van der Waals surface area contributed by atoms with Crippen molar-refractivity contribution < 1.29 is 9.21 Å². The highest BCUT2D eigenvalue weighted by Crippen LogP contribution is 2.47. The van der Waals surface area contributed by atoms with Crippen LogP contribution in [0.25, 0.3) is 5.69 Å². The van der Waals surface area contributed by atoms with Crippen molar-refractivity contribution in [2.45, 2.75) is 25.8 Å². The summed E-state index contributed by atoms with van der Waals surface area (Å²) in [5, 5.41) is 8.46. The van der Waals surface area contributed by atoms with Gasteiger partial charge in [-0.25, -0.2) is 0 Å². The van der Waals surface area contributed by atoms with Crippen LogP contribution in [-0.2, 0) is 6.54 Å². The predicted octanol–water partition coefficient (Wildman–Crippen LogP) is 3.26. The summed E-state index contributed by atoms with van der Waals surface area (Å²) in [7, 11) is 1.74. The van der Waals surface area contributed by atoms with E-state index in [9.17, 15) is 4.79 Å². The summed E-state index contributed by atoms with van der Waals surface area (Å²) in [6.07, 6.45) is 2.68. The van der Waals surface area contributed by atoms with Gasteiger partial charge in [-0.15, -0.1) is 5.10 Å². The minimum atomic E-state index is -0.181. The molecule has 1 fully saturated rings. The lowest BCUT2D eigenvalue weighted by atomic mass is 10.3. The molecular formula is C19H20N4O2. The highest BCUT2D eigenvalue weighted by atomic mass is 16.3. The van der Waals surface area contributed by atoms with Crippen LogP contribution in [0.2, 0.25) is 0 Å². The number of carbonyl (C=O) groups excluding carboxylic acids is 1. The van der Waals surface area contributed by atoms with Crippen molar-refractivity contribution in [3.63, 3.8) is 0 Å². The molecule has 2 atom stereocenters. The lowest BCUT2D eigenvalue weighted by Crippen LogP contribution is -2.26. The normalized spacial score (nSPS) is 19.0. The second kappa shape index (κ2) is 6.20. The van der Waals surface area contributed by atoms with E-state index in [0.717, 1.165) is 17.2 Å². The molecule has 1 aliphatic rings. The van der Waals surface area contributed by atoms with Crippen LogP contribution in [0.4, 0.5) is 0 Å². The number of rotatable bonds is 5.